The van der Waals surface area contributed by atoms with Crippen molar-refractivity contribution >= 4 is 50.0 Å². The largest absolute Gasteiger partial charge is 0.337 e. The lowest BCUT2D eigenvalue weighted by atomic mass is 10.3. The Hall–Kier alpha value is -3.23. The maximum Gasteiger partial charge on any atom is 0.263 e. The molecule has 146 valence electrons. The van der Waals surface area contributed by atoms with Crippen LogP contribution in [-0.4, -0.2) is 18.4 Å². The monoisotopic (exact) mass is 428 g/mol. The minimum Gasteiger partial charge on any atom is -0.337 e. The van der Waals surface area contributed by atoms with Gasteiger partial charge in [0, 0.05) is 10.7 Å². The molecule has 0 aliphatic carbocycles. The van der Waals surface area contributed by atoms with Crippen molar-refractivity contribution in [2.75, 3.05) is 10.0 Å². The average Bonchev–Trinajstić information content (AvgIpc) is 2.70. The van der Waals surface area contributed by atoms with E-state index in [0.29, 0.717) is 21.7 Å². The standard InChI is InChI=1S/C20H14ClFN4O2S/c21-13-5-9-15(10-6-13)23-19-20(25-18-4-2-1-3-17(18)24-19)26-29(27,28)16-11-7-14(22)8-12-16/h1-12H,(H,23,24)(H,25,26). The molecule has 1 aromatic heterocycles. The molecule has 0 atom stereocenters. The van der Waals surface area contributed by atoms with Crippen LogP contribution >= 0.6 is 11.6 Å². The molecule has 2 N–H and O–H groups in total. The Morgan fingerprint density at radius 2 is 1.38 bits per heavy atom. The van der Waals surface area contributed by atoms with Crippen molar-refractivity contribution in [3.8, 4) is 0 Å². The van der Waals surface area contributed by atoms with Gasteiger partial charge < -0.3 is 5.32 Å². The van der Waals surface area contributed by atoms with Crippen LogP contribution in [0, 0.1) is 5.82 Å². The van der Waals surface area contributed by atoms with E-state index in [1.807, 2.05) is 6.07 Å². The molecule has 0 unspecified atom stereocenters. The van der Waals surface area contributed by atoms with Gasteiger partial charge in [-0.25, -0.2) is 22.8 Å². The summed E-state index contributed by atoms with van der Waals surface area (Å²) in [4.78, 5) is 8.80. The molecule has 0 radical (unpaired) electrons. The molecular weight excluding hydrogens is 415 g/mol. The highest BCUT2D eigenvalue weighted by Crippen LogP contribution is 2.27. The number of rotatable bonds is 5. The first-order valence-corrected chi connectivity index (χ1v) is 10.3. The van der Waals surface area contributed by atoms with E-state index in [9.17, 15) is 12.8 Å². The average molecular weight is 429 g/mol. The summed E-state index contributed by atoms with van der Waals surface area (Å²) in [6, 6.07) is 18.5. The van der Waals surface area contributed by atoms with E-state index in [1.54, 1.807) is 42.5 Å². The van der Waals surface area contributed by atoms with E-state index in [0.717, 1.165) is 12.1 Å². The number of nitrogens with one attached hydrogen (secondary N) is 2. The molecule has 0 aliphatic rings. The molecule has 4 rings (SSSR count). The Labute approximate surface area is 171 Å². The number of hydrogen-bond donors (Lipinski definition) is 2. The molecule has 0 spiro atoms. The van der Waals surface area contributed by atoms with E-state index in [2.05, 4.69) is 20.0 Å². The van der Waals surface area contributed by atoms with Crippen LogP contribution in [0.3, 0.4) is 0 Å². The molecule has 1 heterocycles. The van der Waals surface area contributed by atoms with Crippen LogP contribution < -0.4 is 10.0 Å². The fraction of sp³-hybridized carbons (Fsp3) is 0. The minimum absolute atomic E-state index is 0.0166. The van der Waals surface area contributed by atoms with Crippen LogP contribution in [0.1, 0.15) is 0 Å². The lowest BCUT2D eigenvalue weighted by molar-refractivity contribution is 0.599. The third kappa shape index (κ3) is 4.28. The first-order valence-electron chi connectivity index (χ1n) is 8.48. The number of hydrogen-bond acceptors (Lipinski definition) is 5. The van der Waals surface area contributed by atoms with Crippen LogP contribution in [0.25, 0.3) is 11.0 Å². The van der Waals surface area contributed by atoms with Crippen LogP contribution in [0.15, 0.2) is 77.7 Å². The van der Waals surface area contributed by atoms with Crippen LogP contribution in [0.5, 0.6) is 0 Å². The molecule has 0 fully saturated rings. The maximum absolute atomic E-state index is 13.2. The van der Waals surface area contributed by atoms with Crippen molar-refractivity contribution in [3.05, 3.63) is 83.6 Å². The maximum atomic E-state index is 13.2. The summed E-state index contributed by atoms with van der Waals surface area (Å²) in [7, 11) is -4.00. The predicted molar refractivity (Wildman–Crippen MR) is 111 cm³/mol. The second kappa shape index (κ2) is 7.65. The normalized spacial score (nSPS) is 11.4. The zero-order valence-electron chi connectivity index (χ0n) is 14.8. The summed E-state index contributed by atoms with van der Waals surface area (Å²) in [5.74, 6) is -0.292. The summed E-state index contributed by atoms with van der Waals surface area (Å²) in [6.07, 6.45) is 0. The quantitative estimate of drug-likeness (QED) is 0.469. The first-order chi connectivity index (χ1) is 13.9. The molecule has 0 amide bonds. The first kappa shape index (κ1) is 19.1. The summed E-state index contributed by atoms with van der Waals surface area (Å²) >= 11 is 5.92. The SMILES string of the molecule is O=S(=O)(Nc1nc2ccccc2nc1Nc1ccc(Cl)cc1)c1ccc(F)cc1. The molecule has 6 nitrogen and oxygen atoms in total. The van der Waals surface area contributed by atoms with Gasteiger partial charge in [-0.05, 0) is 60.7 Å². The van der Waals surface area contributed by atoms with Gasteiger partial charge in [-0.1, -0.05) is 23.7 Å². The highest BCUT2D eigenvalue weighted by Gasteiger charge is 2.19. The molecule has 29 heavy (non-hydrogen) atoms. The van der Waals surface area contributed by atoms with Crippen molar-refractivity contribution < 1.29 is 12.8 Å². The summed E-state index contributed by atoms with van der Waals surface area (Å²) in [6.45, 7) is 0. The van der Waals surface area contributed by atoms with Gasteiger partial charge in [0.25, 0.3) is 10.0 Å². The fourth-order valence-electron chi connectivity index (χ4n) is 2.63. The third-order valence-electron chi connectivity index (χ3n) is 4.03. The number of sulfonamides is 1. The highest BCUT2D eigenvalue weighted by atomic mass is 35.5. The highest BCUT2D eigenvalue weighted by molar-refractivity contribution is 7.92. The van der Waals surface area contributed by atoms with Crippen molar-refractivity contribution in [2.45, 2.75) is 4.90 Å². The molecule has 0 saturated heterocycles. The Kier molecular flexibility index (Phi) is 5.04. The van der Waals surface area contributed by atoms with Gasteiger partial charge in [0.05, 0.1) is 15.9 Å². The number of fused-ring (bicyclic) bond motifs is 1. The molecule has 9 heteroatoms. The number of aromatic nitrogens is 2. The van der Waals surface area contributed by atoms with E-state index in [4.69, 9.17) is 11.6 Å². The second-order valence-electron chi connectivity index (χ2n) is 6.10. The molecule has 3 aromatic carbocycles. The van der Waals surface area contributed by atoms with E-state index >= 15 is 0 Å². The Balaban J connectivity index is 1.77. The number of benzene rings is 3. The van der Waals surface area contributed by atoms with Crippen LogP contribution in [0.2, 0.25) is 5.02 Å². The Bertz CT molecular complexity index is 1280. The Morgan fingerprint density at radius 1 is 0.793 bits per heavy atom. The summed E-state index contributed by atoms with van der Waals surface area (Å²) < 4.78 is 41.1. The fourth-order valence-corrected chi connectivity index (χ4v) is 3.76. The van der Waals surface area contributed by atoms with Crippen molar-refractivity contribution in [1.29, 1.82) is 0 Å². The van der Waals surface area contributed by atoms with Gasteiger partial charge in [0.1, 0.15) is 5.82 Å². The number of anilines is 3. The zero-order chi connectivity index (χ0) is 20.4. The van der Waals surface area contributed by atoms with Gasteiger partial charge >= 0.3 is 0 Å². The van der Waals surface area contributed by atoms with Gasteiger partial charge in [-0.3, -0.25) is 4.72 Å². The van der Waals surface area contributed by atoms with E-state index < -0.39 is 15.8 Å². The van der Waals surface area contributed by atoms with Crippen molar-refractivity contribution in [3.63, 3.8) is 0 Å². The number of para-hydroxylation sites is 2. The van der Waals surface area contributed by atoms with Crippen molar-refractivity contribution in [1.82, 2.24) is 9.97 Å². The topological polar surface area (TPSA) is 84.0 Å². The number of halogens is 2. The van der Waals surface area contributed by atoms with Crippen LogP contribution in [0.4, 0.5) is 21.7 Å². The molecule has 0 bridgehead atoms. The molecule has 0 saturated carbocycles. The van der Waals surface area contributed by atoms with E-state index in [1.165, 1.54) is 12.1 Å². The minimum atomic E-state index is -4.00. The van der Waals surface area contributed by atoms with Crippen molar-refractivity contribution in [2.24, 2.45) is 0 Å². The van der Waals surface area contributed by atoms with Gasteiger partial charge in [-0.2, -0.15) is 0 Å². The molecule has 4 aromatic rings. The molecular formula is C20H14ClFN4O2S. The smallest absolute Gasteiger partial charge is 0.263 e. The van der Waals surface area contributed by atoms with Gasteiger partial charge in [0.15, 0.2) is 11.6 Å². The Morgan fingerprint density at radius 3 is 2.00 bits per heavy atom. The number of nitrogens with zero attached hydrogens (tertiary/aromatic N) is 2. The summed E-state index contributed by atoms with van der Waals surface area (Å²) in [5, 5.41) is 3.62. The van der Waals surface area contributed by atoms with Gasteiger partial charge in [-0.15, -0.1) is 0 Å². The van der Waals surface area contributed by atoms with E-state index in [-0.39, 0.29) is 16.5 Å². The lowest BCUT2D eigenvalue weighted by Crippen LogP contribution is -2.16. The zero-order valence-corrected chi connectivity index (χ0v) is 16.4. The summed E-state index contributed by atoms with van der Waals surface area (Å²) in [5.41, 5.74) is 1.76. The third-order valence-corrected chi connectivity index (χ3v) is 5.64. The van der Waals surface area contributed by atoms with Crippen LogP contribution in [-0.2, 0) is 10.0 Å². The molecule has 0 aliphatic heterocycles. The predicted octanol–water partition coefficient (Wildman–Crippen LogP) is 4.97. The second-order valence-corrected chi connectivity index (χ2v) is 8.22. The van der Waals surface area contributed by atoms with Gasteiger partial charge in [0.2, 0.25) is 0 Å². The lowest BCUT2D eigenvalue weighted by Gasteiger charge is -2.14.